The Bertz CT molecular complexity index is 1680. The molecule has 1 aliphatic heterocycles. The molecule has 0 saturated carbocycles. The Morgan fingerprint density at radius 3 is 2.38 bits per heavy atom. The summed E-state index contributed by atoms with van der Waals surface area (Å²) >= 11 is 0. The van der Waals surface area contributed by atoms with Gasteiger partial charge in [0, 0.05) is 17.6 Å². The largest absolute Gasteiger partial charge is 0.490 e. The number of nitrogens with zero attached hydrogens (tertiary/aromatic N) is 3. The highest BCUT2D eigenvalue weighted by atomic mass is 31.3. The molecule has 0 radical (unpaired) electrons. The maximum absolute atomic E-state index is 13.2. The van der Waals surface area contributed by atoms with E-state index < -0.39 is 65.9 Å². The van der Waals surface area contributed by atoms with Crippen molar-refractivity contribution in [2.75, 3.05) is 6.61 Å². The molecule has 19 nitrogen and oxygen atoms in total. The van der Waals surface area contributed by atoms with E-state index in [9.17, 15) is 43.3 Å². The maximum Gasteiger partial charge on any atom is 0.490 e. The minimum atomic E-state index is -5.79. The number of benzene rings is 1. The molecule has 0 bridgehead atoms. The van der Waals surface area contributed by atoms with E-state index in [0.29, 0.717) is 11.0 Å². The van der Waals surface area contributed by atoms with Crippen molar-refractivity contribution in [3.8, 4) is 0 Å². The topological polar surface area (TPSA) is 280 Å². The molecular formula is C18H22N3O16P3. The molecule has 6 atom stereocenters. The van der Waals surface area contributed by atoms with Crippen molar-refractivity contribution < 1.29 is 65.9 Å². The first-order chi connectivity index (χ1) is 18.5. The zero-order chi connectivity index (χ0) is 29.6. The summed E-state index contributed by atoms with van der Waals surface area (Å²) in [6.45, 7) is 0.423. The van der Waals surface area contributed by atoms with Crippen LogP contribution in [0.25, 0.3) is 11.0 Å². The number of ether oxygens (including phenoxy) is 1. The third-order valence-electron chi connectivity index (χ3n) is 5.53. The van der Waals surface area contributed by atoms with Crippen LogP contribution in [0.1, 0.15) is 17.5 Å². The van der Waals surface area contributed by atoms with E-state index >= 15 is 0 Å². The molecule has 1 aromatic carbocycles. The van der Waals surface area contributed by atoms with Gasteiger partial charge >= 0.3 is 29.2 Å². The molecule has 1 aliphatic rings. The van der Waals surface area contributed by atoms with Gasteiger partial charge in [-0.2, -0.15) is 8.62 Å². The summed E-state index contributed by atoms with van der Waals surface area (Å²) in [6.07, 6.45) is -5.99. The number of hydrogen-bond acceptors (Lipinski definition) is 13. The molecule has 0 aliphatic carbocycles. The highest BCUT2D eigenvalue weighted by Crippen LogP contribution is 2.66. The Labute approximate surface area is 222 Å². The third-order valence-corrected chi connectivity index (χ3v) is 9.34. The smallest absolute Gasteiger partial charge is 0.387 e. The van der Waals surface area contributed by atoms with Gasteiger partial charge in [-0.3, -0.25) is 18.5 Å². The summed E-state index contributed by atoms with van der Waals surface area (Å²) in [4.78, 5) is 61.6. The first-order valence-electron chi connectivity index (χ1n) is 10.9. The highest BCUT2D eigenvalue weighted by Gasteiger charge is 2.47. The number of aliphatic hydroxyl groups excluding tert-OH is 2. The van der Waals surface area contributed by atoms with Crippen LogP contribution in [0, 0.1) is 6.92 Å². The van der Waals surface area contributed by atoms with E-state index in [1.165, 1.54) is 0 Å². The molecule has 0 spiro atoms. The van der Waals surface area contributed by atoms with Crippen molar-refractivity contribution in [3.63, 3.8) is 0 Å². The van der Waals surface area contributed by atoms with E-state index in [1.54, 1.807) is 18.2 Å². The van der Waals surface area contributed by atoms with E-state index in [-0.39, 0.29) is 12.2 Å². The summed E-state index contributed by atoms with van der Waals surface area (Å²) in [5.41, 5.74) is -0.144. The fourth-order valence-electron chi connectivity index (χ4n) is 3.80. The fourth-order valence-corrected chi connectivity index (χ4v) is 6.83. The van der Waals surface area contributed by atoms with E-state index in [2.05, 4.69) is 18.3 Å². The van der Waals surface area contributed by atoms with E-state index in [4.69, 9.17) is 19.0 Å². The normalized spacial score (nSPS) is 24.7. The molecule has 0 amide bonds. The second-order valence-corrected chi connectivity index (χ2v) is 12.9. The standard InChI is InChI=1S/C18H22N3O16P3/c1-9-2-3-10-11(19-35-12(10)6-9)7-21-14(22)4-5-20(18(21)25)17-16(24)15(23)13(34-17)8-33-39(29,30)37-40(31,32)36-38(26,27)28/h2-6,13,15-17,23-24H,7-8H2,1H3,(H,29,30)(H,31,32)(H2,26,27,28)/t13-,15+,16+,17-/m1/s1. The number of aryl methyl sites for hydroxylation is 1. The predicted octanol–water partition coefficient (Wildman–Crippen LogP) is -0.530. The Morgan fingerprint density at radius 2 is 1.70 bits per heavy atom. The molecule has 6 N–H and O–H groups in total. The van der Waals surface area contributed by atoms with Gasteiger partial charge in [0.25, 0.3) is 5.56 Å². The van der Waals surface area contributed by atoms with E-state index in [1.807, 2.05) is 6.92 Å². The molecule has 3 aromatic rings. The van der Waals surface area contributed by atoms with Crippen LogP contribution in [-0.2, 0) is 38.1 Å². The predicted molar refractivity (Wildman–Crippen MR) is 129 cm³/mol. The lowest BCUT2D eigenvalue weighted by Gasteiger charge is -2.19. The van der Waals surface area contributed by atoms with Crippen LogP contribution in [0.5, 0.6) is 0 Å². The van der Waals surface area contributed by atoms with Gasteiger partial charge in [0.15, 0.2) is 11.8 Å². The zero-order valence-corrected chi connectivity index (χ0v) is 22.7. The fraction of sp³-hybridized carbons (Fsp3) is 0.389. The Balaban J connectivity index is 1.51. The highest BCUT2D eigenvalue weighted by molar-refractivity contribution is 7.66. The van der Waals surface area contributed by atoms with Crippen LogP contribution in [0.4, 0.5) is 0 Å². The van der Waals surface area contributed by atoms with E-state index in [0.717, 1.165) is 27.0 Å². The third kappa shape index (κ3) is 6.92. The minimum absolute atomic E-state index is 0.258. The number of phosphoric acid groups is 3. The quantitative estimate of drug-likeness (QED) is 0.154. The number of phosphoric ester groups is 1. The first kappa shape index (κ1) is 30.6. The van der Waals surface area contributed by atoms with Crippen molar-refractivity contribution in [1.82, 2.24) is 14.3 Å². The molecule has 3 heterocycles. The van der Waals surface area contributed by atoms with Crippen molar-refractivity contribution in [3.05, 3.63) is 62.6 Å². The Kier molecular flexibility index (Phi) is 8.53. The van der Waals surface area contributed by atoms with Crippen LogP contribution in [-0.4, -0.2) is 69.0 Å². The van der Waals surface area contributed by atoms with Crippen LogP contribution in [0.15, 0.2) is 44.6 Å². The van der Waals surface area contributed by atoms with Gasteiger partial charge < -0.3 is 39.0 Å². The summed E-state index contributed by atoms with van der Waals surface area (Å²) in [5.74, 6) is 0. The average molecular weight is 629 g/mol. The molecule has 22 heteroatoms. The molecular weight excluding hydrogens is 607 g/mol. The van der Waals surface area contributed by atoms with Gasteiger partial charge in [-0.15, -0.1) is 0 Å². The van der Waals surface area contributed by atoms with Crippen molar-refractivity contribution in [1.29, 1.82) is 0 Å². The number of fused-ring (bicyclic) bond motifs is 1. The van der Waals surface area contributed by atoms with Gasteiger partial charge in [0.1, 0.15) is 24.0 Å². The molecule has 1 fully saturated rings. The van der Waals surface area contributed by atoms with Gasteiger partial charge in [-0.05, 0) is 24.6 Å². The second-order valence-electron chi connectivity index (χ2n) is 8.49. The zero-order valence-electron chi connectivity index (χ0n) is 20.1. The second kappa shape index (κ2) is 11.2. The van der Waals surface area contributed by atoms with Gasteiger partial charge in [0.2, 0.25) is 0 Å². The lowest BCUT2D eigenvalue weighted by atomic mass is 10.1. The molecule has 2 unspecified atom stereocenters. The van der Waals surface area contributed by atoms with Crippen molar-refractivity contribution >= 4 is 34.4 Å². The maximum atomic E-state index is 13.2. The van der Waals surface area contributed by atoms with Gasteiger partial charge in [-0.25, -0.2) is 18.5 Å². The SMILES string of the molecule is Cc1ccc2c(Cn3c(=O)ccn([C@@H]4O[C@H](COP(=O)(O)OP(=O)(O)OP(=O)(O)O)[C@H](O)[C@@H]4O)c3=O)noc2c1. The number of hydrogen-bond donors (Lipinski definition) is 6. The summed E-state index contributed by atoms with van der Waals surface area (Å²) in [6, 6.07) is 6.17. The van der Waals surface area contributed by atoms with Crippen LogP contribution in [0.3, 0.4) is 0 Å². The molecule has 2 aromatic heterocycles. The van der Waals surface area contributed by atoms with Crippen molar-refractivity contribution in [2.24, 2.45) is 0 Å². The summed E-state index contributed by atoms with van der Waals surface area (Å²) < 4.78 is 57.9. The minimum Gasteiger partial charge on any atom is -0.387 e. The van der Waals surface area contributed by atoms with Crippen molar-refractivity contribution in [2.45, 2.75) is 38.0 Å². The summed E-state index contributed by atoms with van der Waals surface area (Å²) in [5, 5.41) is 25.3. The molecule has 1 saturated heterocycles. The van der Waals surface area contributed by atoms with Gasteiger partial charge in [0.05, 0.1) is 13.2 Å². The van der Waals surface area contributed by atoms with Crippen LogP contribution < -0.4 is 11.2 Å². The number of aromatic nitrogens is 3. The summed E-state index contributed by atoms with van der Waals surface area (Å²) in [7, 11) is -17.0. The Morgan fingerprint density at radius 1 is 1.00 bits per heavy atom. The molecule has 40 heavy (non-hydrogen) atoms. The molecule has 4 rings (SSSR count). The van der Waals surface area contributed by atoms with Crippen LogP contribution in [0.2, 0.25) is 0 Å². The van der Waals surface area contributed by atoms with Crippen LogP contribution >= 0.6 is 23.5 Å². The number of rotatable bonds is 10. The molecule has 220 valence electrons. The lowest BCUT2D eigenvalue weighted by molar-refractivity contribution is -0.0547. The number of aliphatic hydroxyl groups is 2. The Hall–Kier alpha value is -2.34. The lowest BCUT2D eigenvalue weighted by Crippen LogP contribution is -2.43. The average Bonchev–Trinajstić information content (AvgIpc) is 3.33. The van der Waals surface area contributed by atoms with Gasteiger partial charge in [-0.1, -0.05) is 11.2 Å². The monoisotopic (exact) mass is 629 g/mol. The first-order valence-corrected chi connectivity index (χ1v) is 15.5.